The second-order valence-corrected chi connectivity index (χ2v) is 6.30. The van der Waals surface area contributed by atoms with Crippen LogP contribution in [0, 0.1) is 5.92 Å². The molecule has 0 bridgehead atoms. The van der Waals surface area contributed by atoms with E-state index in [1.807, 2.05) is 0 Å². The Morgan fingerprint density at radius 1 is 1.22 bits per heavy atom. The lowest BCUT2D eigenvalue weighted by molar-refractivity contribution is 0.0625. The minimum atomic E-state index is 0.769. The summed E-state index contributed by atoms with van der Waals surface area (Å²) in [5, 5.41) is 3.40. The molecule has 136 valence electrons. The monoisotopic (exact) mass is 328 g/mol. The van der Waals surface area contributed by atoms with E-state index in [9.17, 15) is 0 Å². The zero-order valence-electron chi connectivity index (χ0n) is 15.5. The van der Waals surface area contributed by atoms with E-state index in [0.717, 1.165) is 64.4 Å². The van der Waals surface area contributed by atoms with E-state index in [0.29, 0.717) is 0 Å². The summed E-state index contributed by atoms with van der Waals surface area (Å²) in [7, 11) is 5.98. The second kappa shape index (κ2) is 12.6. The number of methoxy groups -OCH3 is 1. The maximum Gasteiger partial charge on any atom is 0.193 e. The van der Waals surface area contributed by atoms with Crippen LogP contribution in [-0.2, 0) is 9.47 Å². The van der Waals surface area contributed by atoms with Crippen molar-refractivity contribution in [3.05, 3.63) is 0 Å². The number of hydrogen-bond acceptors (Lipinski definition) is 4. The SMILES string of the molecule is CCNC(=NCCN(C)CCOC)N(C)CCC1CCOCC1. The van der Waals surface area contributed by atoms with E-state index < -0.39 is 0 Å². The van der Waals surface area contributed by atoms with Crippen LogP contribution in [-0.4, -0.2) is 89.5 Å². The normalized spacial score (nSPS) is 16.8. The van der Waals surface area contributed by atoms with Gasteiger partial charge in [-0.25, -0.2) is 0 Å². The van der Waals surface area contributed by atoms with Crippen LogP contribution in [0.5, 0.6) is 0 Å². The van der Waals surface area contributed by atoms with Gasteiger partial charge in [0.15, 0.2) is 5.96 Å². The lowest BCUT2D eigenvalue weighted by atomic mass is 9.96. The molecule has 1 rings (SSSR count). The van der Waals surface area contributed by atoms with Crippen molar-refractivity contribution in [1.29, 1.82) is 0 Å². The molecule has 23 heavy (non-hydrogen) atoms. The molecule has 0 spiro atoms. The Morgan fingerprint density at radius 3 is 2.61 bits per heavy atom. The van der Waals surface area contributed by atoms with Gasteiger partial charge in [0, 0.05) is 53.6 Å². The molecule has 1 aliphatic heterocycles. The van der Waals surface area contributed by atoms with Gasteiger partial charge in [0.05, 0.1) is 13.2 Å². The second-order valence-electron chi connectivity index (χ2n) is 6.30. The van der Waals surface area contributed by atoms with Crippen molar-refractivity contribution < 1.29 is 9.47 Å². The van der Waals surface area contributed by atoms with E-state index in [-0.39, 0.29) is 0 Å². The van der Waals surface area contributed by atoms with Crippen LogP contribution in [0.25, 0.3) is 0 Å². The Balaban J connectivity index is 2.33. The fourth-order valence-corrected chi connectivity index (χ4v) is 2.67. The standard InChI is InChI=1S/C17H36N4O2/c1-5-18-17(19-9-11-20(2)12-15-22-4)21(3)10-6-16-7-13-23-14-8-16/h16H,5-15H2,1-4H3,(H,18,19). The molecule has 0 aromatic heterocycles. The molecular weight excluding hydrogens is 292 g/mol. The summed E-state index contributed by atoms with van der Waals surface area (Å²) in [5.41, 5.74) is 0. The number of nitrogens with one attached hydrogen (secondary N) is 1. The Bertz CT molecular complexity index is 320. The summed E-state index contributed by atoms with van der Waals surface area (Å²) >= 11 is 0. The van der Waals surface area contributed by atoms with Crippen molar-refractivity contribution in [3.63, 3.8) is 0 Å². The smallest absolute Gasteiger partial charge is 0.193 e. The van der Waals surface area contributed by atoms with Crippen molar-refractivity contribution in [2.75, 3.05) is 73.7 Å². The van der Waals surface area contributed by atoms with Crippen molar-refractivity contribution in [1.82, 2.24) is 15.1 Å². The first-order chi connectivity index (χ1) is 11.2. The molecule has 1 N–H and O–H groups in total. The largest absolute Gasteiger partial charge is 0.383 e. The summed E-state index contributed by atoms with van der Waals surface area (Å²) in [6.07, 6.45) is 3.62. The lowest BCUT2D eigenvalue weighted by Gasteiger charge is -2.27. The van der Waals surface area contributed by atoms with Crippen LogP contribution in [0.2, 0.25) is 0 Å². The average Bonchev–Trinajstić information content (AvgIpc) is 2.58. The summed E-state index contributed by atoms with van der Waals surface area (Å²) in [6, 6.07) is 0. The zero-order valence-corrected chi connectivity index (χ0v) is 15.5. The van der Waals surface area contributed by atoms with Crippen LogP contribution >= 0.6 is 0 Å². The molecule has 0 aromatic carbocycles. The fourth-order valence-electron chi connectivity index (χ4n) is 2.67. The number of likely N-dealkylation sites (N-methyl/N-ethyl adjacent to an activating group) is 1. The summed E-state index contributed by atoms with van der Waals surface area (Å²) in [5.74, 6) is 1.81. The first-order valence-corrected chi connectivity index (χ1v) is 8.92. The lowest BCUT2D eigenvalue weighted by Crippen LogP contribution is -2.40. The van der Waals surface area contributed by atoms with Gasteiger partial charge in [0.1, 0.15) is 0 Å². The summed E-state index contributed by atoms with van der Waals surface area (Å²) < 4.78 is 10.5. The number of hydrogen-bond donors (Lipinski definition) is 1. The predicted octanol–water partition coefficient (Wildman–Crippen LogP) is 1.28. The Labute approximate surface area is 142 Å². The number of aliphatic imine (C=N–C) groups is 1. The maximum absolute atomic E-state index is 5.43. The molecule has 1 fully saturated rings. The van der Waals surface area contributed by atoms with E-state index in [1.54, 1.807) is 7.11 Å². The van der Waals surface area contributed by atoms with Crippen LogP contribution in [0.15, 0.2) is 4.99 Å². The van der Waals surface area contributed by atoms with Gasteiger partial charge in [0.25, 0.3) is 0 Å². The van der Waals surface area contributed by atoms with Gasteiger partial charge in [-0.05, 0) is 39.2 Å². The van der Waals surface area contributed by atoms with Crippen molar-refractivity contribution in [2.24, 2.45) is 10.9 Å². The van der Waals surface area contributed by atoms with Gasteiger partial charge in [-0.15, -0.1) is 0 Å². The van der Waals surface area contributed by atoms with Crippen LogP contribution in [0.1, 0.15) is 26.2 Å². The van der Waals surface area contributed by atoms with Gasteiger partial charge in [-0.3, -0.25) is 4.99 Å². The molecule has 0 aromatic rings. The maximum atomic E-state index is 5.43. The molecule has 0 atom stereocenters. The van der Waals surface area contributed by atoms with Gasteiger partial charge < -0.3 is 24.6 Å². The Hall–Kier alpha value is -0.850. The minimum absolute atomic E-state index is 0.769. The fraction of sp³-hybridized carbons (Fsp3) is 0.941. The highest BCUT2D eigenvalue weighted by atomic mass is 16.5. The Morgan fingerprint density at radius 2 is 1.96 bits per heavy atom. The summed E-state index contributed by atoms with van der Waals surface area (Å²) in [4.78, 5) is 9.26. The molecule has 1 aliphatic rings. The van der Waals surface area contributed by atoms with Crippen molar-refractivity contribution in [3.8, 4) is 0 Å². The summed E-state index contributed by atoms with van der Waals surface area (Å²) in [6.45, 7) is 9.40. The van der Waals surface area contributed by atoms with Crippen LogP contribution < -0.4 is 5.32 Å². The third-order valence-corrected chi connectivity index (χ3v) is 4.33. The molecule has 0 amide bonds. The van der Waals surface area contributed by atoms with E-state index in [4.69, 9.17) is 14.5 Å². The number of rotatable bonds is 10. The van der Waals surface area contributed by atoms with E-state index in [1.165, 1.54) is 19.3 Å². The Kier molecular flexibility index (Phi) is 11.0. The van der Waals surface area contributed by atoms with Crippen molar-refractivity contribution in [2.45, 2.75) is 26.2 Å². The number of ether oxygens (including phenoxy) is 2. The van der Waals surface area contributed by atoms with Crippen molar-refractivity contribution >= 4 is 5.96 Å². The van der Waals surface area contributed by atoms with Gasteiger partial charge >= 0.3 is 0 Å². The quantitative estimate of drug-likeness (QED) is 0.484. The van der Waals surface area contributed by atoms with E-state index in [2.05, 4.69) is 36.1 Å². The van der Waals surface area contributed by atoms with Crippen LogP contribution in [0.3, 0.4) is 0 Å². The topological polar surface area (TPSA) is 49.3 Å². The highest BCUT2D eigenvalue weighted by Gasteiger charge is 2.15. The number of guanidine groups is 1. The molecule has 0 radical (unpaired) electrons. The molecule has 1 heterocycles. The van der Waals surface area contributed by atoms with Crippen LogP contribution in [0.4, 0.5) is 0 Å². The molecule has 6 heteroatoms. The van der Waals surface area contributed by atoms with Gasteiger partial charge in [-0.2, -0.15) is 0 Å². The predicted molar refractivity (Wildman–Crippen MR) is 96.1 cm³/mol. The van der Waals surface area contributed by atoms with Gasteiger partial charge in [-0.1, -0.05) is 0 Å². The number of nitrogens with zero attached hydrogens (tertiary/aromatic N) is 3. The molecule has 1 saturated heterocycles. The third-order valence-electron chi connectivity index (χ3n) is 4.33. The molecule has 0 saturated carbocycles. The highest BCUT2D eigenvalue weighted by Crippen LogP contribution is 2.18. The average molecular weight is 329 g/mol. The highest BCUT2D eigenvalue weighted by molar-refractivity contribution is 5.79. The van der Waals surface area contributed by atoms with Gasteiger partial charge in [0.2, 0.25) is 0 Å². The zero-order chi connectivity index (χ0) is 16.9. The molecule has 6 nitrogen and oxygen atoms in total. The molecule has 0 unspecified atom stereocenters. The van der Waals surface area contributed by atoms with E-state index >= 15 is 0 Å². The first-order valence-electron chi connectivity index (χ1n) is 8.92. The third kappa shape index (κ3) is 9.13. The minimum Gasteiger partial charge on any atom is -0.383 e. The first kappa shape index (κ1) is 20.2. The molecular formula is C17H36N4O2. The molecule has 0 aliphatic carbocycles.